The Bertz CT molecular complexity index is 731. The Morgan fingerprint density at radius 1 is 1.11 bits per heavy atom. The van der Waals surface area contributed by atoms with E-state index in [4.69, 9.17) is 0 Å². The monoisotopic (exact) mass is 255 g/mol. The lowest BCUT2D eigenvalue weighted by Gasteiger charge is -2.12. The molecule has 3 nitrogen and oxygen atoms in total. The van der Waals surface area contributed by atoms with Gasteiger partial charge in [-0.1, -0.05) is 12.1 Å². The number of nitrogens with zero attached hydrogens (tertiary/aromatic N) is 2. The van der Waals surface area contributed by atoms with E-state index in [1.807, 2.05) is 43.3 Å². The Balaban J connectivity index is 2.11. The van der Waals surface area contributed by atoms with Gasteiger partial charge in [0.1, 0.15) is 11.6 Å². The molecule has 1 aromatic heterocycles. The topological polar surface area (TPSA) is 31.9 Å². The molecule has 0 spiro atoms. The first-order chi connectivity index (χ1) is 9.13. The van der Waals surface area contributed by atoms with Gasteiger partial charge in [-0.25, -0.2) is 9.37 Å². The van der Waals surface area contributed by atoms with E-state index >= 15 is 0 Å². The quantitative estimate of drug-likeness (QED) is 0.760. The fraction of sp³-hybridized carbons (Fsp3) is 0.133. The van der Waals surface area contributed by atoms with Crippen molar-refractivity contribution in [1.82, 2.24) is 9.97 Å². The normalized spacial score (nSPS) is 10.9. The van der Waals surface area contributed by atoms with Gasteiger partial charge in [0.25, 0.3) is 0 Å². The number of halogens is 1. The summed E-state index contributed by atoms with van der Waals surface area (Å²) in [5, 5.41) is 0. The molecule has 0 saturated heterocycles. The number of hydrogen-bond donors (Lipinski definition) is 1. The molecule has 1 N–H and O–H groups in total. The molecule has 0 aliphatic rings. The minimum Gasteiger partial charge on any atom is -0.378 e. The molecule has 0 bridgehead atoms. The predicted molar refractivity (Wildman–Crippen MR) is 75.8 cm³/mol. The molecule has 4 heteroatoms. The molecule has 0 amide bonds. The number of aromatic nitrogens is 2. The van der Waals surface area contributed by atoms with Crippen LogP contribution in [0.3, 0.4) is 0 Å². The smallest absolute Gasteiger partial charge is 0.138 e. The molecule has 0 radical (unpaired) electrons. The summed E-state index contributed by atoms with van der Waals surface area (Å²) in [6.45, 7) is 0. The lowest BCUT2D eigenvalue weighted by molar-refractivity contribution is 0.629. The lowest BCUT2D eigenvalue weighted by atomic mass is 10.2. The van der Waals surface area contributed by atoms with Gasteiger partial charge >= 0.3 is 0 Å². The fourth-order valence-corrected chi connectivity index (χ4v) is 2.05. The van der Waals surface area contributed by atoms with E-state index in [0.29, 0.717) is 5.52 Å². The maximum absolute atomic E-state index is 13.2. The molecule has 0 aliphatic heterocycles. The van der Waals surface area contributed by atoms with Crippen LogP contribution in [0.5, 0.6) is 0 Å². The van der Waals surface area contributed by atoms with Crippen molar-refractivity contribution in [2.24, 2.45) is 0 Å². The molecule has 2 aromatic carbocycles. The lowest BCUT2D eigenvalue weighted by Crippen LogP contribution is -2.08. The van der Waals surface area contributed by atoms with Crippen molar-refractivity contribution in [3.8, 4) is 11.4 Å². The van der Waals surface area contributed by atoms with E-state index < -0.39 is 0 Å². The van der Waals surface area contributed by atoms with Crippen LogP contribution in [-0.2, 0) is 0 Å². The molecule has 96 valence electrons. The maximum atomic E-state index is 13.2. The fourth-order valence-electron chi connectivity index (χ4n) is 2.05. The third kappa shape index (κ3) is 2.17. The van der Waals surface area contributed by atoms with Gasteiger partial charge in [0.05, 0.1) is 11.0 Å². The van der Waals surface area contributed by atoms with E-state index in [1.165, 1.54) is 12.1 Å². The minimum atomic E-state index is -0.259. The van der Waals surface area contributed by atoms with Crippen LogP contribution in [0.15, 0.2) is 42.5 Å². The molecular formula is C15H14FN3. The van der Waals surface area contributed by atoms with Crippen LogP contribution in [0, 0.1) is 5.82 Å². The van der Waals surface area contributed by atoms with Gasteiger partial charge in [0.2, 0.25) is 0 Å². The highest BCUT2D eigenvalue weighted by Crippen LogP contribution is 2.24. The van der Waals surface area contributed by atoms with Crippen molar-refractivity contribution in [1.29, 1.82) is 0 Å². The second-order valence-electron chi connectivity index (χ2n) is 4.69. The number of imidazole rings is 1. The van der Waals surface area contributed by atoms with Crippen LogP contribution in [0.1, 0.15) is 0 Å². The summed E-state index contributed by atoms with van der Waals surface area (Å²) in [4.78, 5) is 9.67. The zero-order valence-electron chi connectivity index (χ0n) is 10.8. The standard InChI is InChI=1S/C15H14FN3/c1-19(2)12-5-3-4-10(8-12)15-17-13-7-6-11(16)9-14(13)18-15/h3-9H,1-2H3,(H,17,18). The molecule has 0 fully saturated rings. The summed E-state index contributed by atoms with van der Waals surface area (Å²) in [6, 6.07) is 12.6. The largest absolute Gasteiger partial charge is 0.378 e. The minimum absolute atomic E-state index is 0.259. The van der Waals surface area contributed by atoms with E-state index in [9.17, 15) is 4.39 Å². The molecule has 0 atom stereocenters. The number of benzene rings is 2. The molecule has 3 aromatic rings. The number of fused-ring (bicyclic) bond motifs is 1. The average Bonchev–Trinajstić information content (AvgIpc) is 2.81. The SMILES string of the molecule is CN(C)c1cccc(-c2nc3ccc(F)cc3[nH]2)c1. The predicted octanol–water partition coefficient (Wildman–Crippen LogP) is 3.44. The van der Waals surface area contributed by atoms with Gasteiger partial charge < -0.3 is 9.88 Å². The van der Waals surface area contributed by atoms with Gasteiger partial charge in [-0.3, -0.25) is 0 Å². The van der Waals surface area contributed by atoms with Gasteiger partial charge in [-0.15, -0.1) is 0 Å². The number of anilines is 1. The van der Waals surface area contributed by atoms with E-state index in [-0.39, 0.29) is 5.82 Å². The zero-order valence-corrected chi connectivity index (χ0v) is 10.8. The Hall–Kier alpha value is -2.36. The van der Waals surface area contributed by atoms with E-state index in [1.54, 1.807) is 6.07 Å². The number of rotatable bonds is 2. The van der Waals surface area contributed by atoms with Crippen molar-refractivity contribution in [3.05, 3.63) is 48.3 Å². The van der Waals surface area contributed by atoms with E-state index in [2.05, 4.69) is 9.97 Å². The number of aromatic amines is 1. The summed E-state index contributed by atoms with van der Waals surface area (Å²) in [6.07, 6.45) is 0. The summed E-state index contributed by atoms with van der Waals surface area (Å²) in [7, 11) is 3.99. The van der Waals surface area contributed by atoms with Gasteiger partial charge in [-0.2, -0.15) is 0 Å². The number of nitrogens with one attached hydrogen (secondary N) is 1. The Morgan fingerprint density at radius 2 is 1.95 bits per heavy atom. The van der Waals surface area contributed by atoms with Gasteiger partial charge in [0, 0.05) is 25.3 Å². The first-order valence-electron chi connectivity index (χ1n) is 6.06. The van der Waals surface area contributed by atoms with Crippen molar-refractivity contribution in [2.75, 3.05) is 19.0 Å². The first-order valence-corrected chi connectivity index (χ1v) is 6.06. The summed E-state index contributed by atoms with van der Waals surface area (Å²) >= 11 is 0. The molecule has 1 heterocycles. The molecule has 19 heavy (non-hydrogen) atoms. The second kappa shape index (κ2) is 4.39. The Labute approximate surface area is 110 Å². The number of H-pyrrole nitrogens is 1. The average molecular weight is 255 g/mol. The first kappa shape index (κ1) is 11.7. The molecule has 0 aliphatic carbocycles. The van der Waals surface area contributed by atoms with Gasteiger partial charge in [-0.05, 0) is 30.3 Å². The van der Waals surface area contributed by atoms with Gasteiger partial charge in [0.15, 0.2) is 0 Å². The van der Waals surface area contributed by atoms with Crippen molar-refractivity contribution < 1.29 is 4.39 Å². The Morgan fingerprint density at radius 3 is 2.74 bits per heavy atom. The Kier molecular flexibility index (Phi) is 2.71. The van der Waals surface area contributed by atoms with Crippen LogP contribution in [0.2, 0.25) is 0 Å². The third-order valence-electron chi connectivity index (χ3n) is 3.08. The third-order valence-corrected chi connectivity index (χ3v) is 3.08. The van der Waals surface area contributed by atoms with Crippen molar-refractivity contribution in [3.63, 3.8) is 0 Å². The summed E-state index contributed by atoms with van der Waals surface area (Å²) in [5.41, 5.74) is 3.57. The van der Waals surface area contributed by atoms with Crippen LogP contribution in [0.4, 0.5) is 10.1 Å². The zero-order chi connectivity index (χ0) is 13.4. The second-order valence-corrected chi connectivity index (χ2v) is 4.69. The summed E-state index contributed by atoms with van der Waals surface area (Å²) < 4.78 is 13.2. The van der Waals surface area contributed by atoms with Crippen LogP contribution in [-0.4, -0.2) is 24.1 Å². The maximum Gasteiger partial charge on any atom is 0.138 e. The van der Waals surface area contributed by atoms with Crippen molar-refractivity contribution in [2.45, 2.75) is 0 Å². The van der Waals surface area contributed by atoms with Crippen LogP contribution < -0.4 is 4.90 Å². The summed E-state index contributed by atoms with van der Waals surface area (Å²) in [5.74, 6) is 0.494. The van der Waals surface area contributed by atoms with Crippen LogP contribution >= 0.6 is 0 Å². The molecular weight excluding hydrogens is 241 g/mol. The highest BCUT2D eigenvalue weighted by atomic mass is 19.1. The molecule has 0 unspecified atom stereocenters. The van der Waals surface area contributed by atoms with Crippen LogP contribution in [0.25, 0.3) is 22.4 Å². The number of hydrogen-bond acceptors (Lipinski definition) is 2. The highest BCUT2D eigenvalue weighted by molar-refractivity contribution is 5.79. The highest BCUT2D eigenvalue weighted by Gasteiger charge is 2.07. The van der Waals surface area contributed by atoms with Crippen molar-refractivity contribution >= 4 is 16.7 Å². The van der Waals surface area contributed by atoms with E-state index in [0.717, 1.165) is 22.6 Å². The molecule has 3 rings (SSSR count). The molecule has 0 saturated carbocycles.